The molecule has 0 unspecified atom stereocenters. The number of rotatable bonds is 2. The van der Waals surface area contributed by atoms with E-state index in [2.05, 4.69) is 9.98 Å². The van der Waals surface area contributed by atoms with Crippen LogP contribution in [0.25, 0.3) is 0 Å². The van der Waals surface area contributed by atoms with Gasteiger partial charge in [0.15, 0.2) is 0 Å². The zero-order valence-corrected chi connectivity index (χ0v) is 6.73. The van der Waals surface area contributed by atoms with E-state index in [9.17, 15) is 9.59 Å². The van der Waals surface area contributed by atoms with Crippen LogP contribution in [0, 0.1) is 0 Å². The Morgan fingerprint density at radius 3 is 1.62 bits per heavy atom. The molecule has 0 atom stereocenters. The van der Waals surface area contributed by atoms with Crippen molar-refractivity contribution < 1.29 is 9.59 Å². The molecule has 0 aliphatic carbocycles. The SMILES string of the molecule is N.O=C=Nc1ccccc1N=C=O. The van der Waals surface area contributed by atoms with Crippen LogP contribution in [-0.4, -0.2) is 12.2 Å². The van der Waals surface area contributed by atoms with Gasteiger partial charge >= 0.3 is 0 Å². The van der Waals surface area contributed by atoms with Gasteiger partial charge in [0.25, 0.3) is 0 Å². The van der Waals surface area contributed by atoms with Crippen LogP contribution in [-0.2, 0) is 9.59 Å². The summed E-state index contributed by atoms with van der Waals surface area (Å²) in [6.45, 7) is 0. The van der Waals surface area contributed by atoms with Gasteiger partial charge in [0.2, 0.25) is 12.2 Å². The summed E-state index contributed by atoms with van der Waals surface area (Å²) in [6.07, 6.45) is 2.74. The molecule has 0 fully saturated rings. The highest BCUT2D eigenvalue weighted by molar-refractivity contribution is 5.67. The Hall–Kier alpha value is -2.06. The third-order valence-corrected chi connectivity index (χ3v) is 1.21. The van der Waals surface area contributed by atoms with Crippen LogP contribution in [0.1, 0.15) is 0 Å². The van der Waals surface area contributed by atoms with E-state index >= 15 is 0 Å². The number of benzene rings is 1. The fraction of sp³-hybridized carbons (Fsp3) is 0. The lowest BCUT2D eigenvalue weighted by Crippen LogP contribution is -1.66. The standard InChI is InChI=1S/C8H4N2O2.H3N/c11-5-9-7-3-1-2-4-8(7)10-6-12;/h1-4H;1H3. The zero-order valence-electron chi connectivity index (χ0n) is 6.73. The summed E-state index contributed by atoms with van der Waals surface area (Å²) >= 11 is 0. The molecular weight excluding hydrogens is 170 g/mol. The second-order valence-electron chi connectivity index (χ2n) is 1.89. The molecule has 13 heavy (non-hydrogen) atoms. The van der Waals surface area contributed by atoms with Crippen molar-refractivity contribution in [3.63, 3.8) is 0 Å². The Kier molecular flexibility index (Phi) is 4.69. The van der Waals surface area contributed by atoms with Crippen LogP contribution in [0.2, 0.25) is 0 Å². The Morgan fingerprint density at radius 1 is 0.923 bits per heavy atom. The van der Waals surface area contributed by atoms with Gasteiger partial charge in [-0.05, 0) is 12.1 Å². The van der Waals surface area contributed by atoms with Crippen LogP contribution >= 0.6 is 0 Å². The van der Waals surface area contributed by atoms with Gasteiger partial charge in [0.05, 0.1) is 0 Å². The minimum Gasteiger partial charge on any atom is -0.344 e. The minimum atomic E-state index is 0. The van der Waals surface area contributed by atoms with Crippen molar-refractivity contribution >= 4 is 23.5 Å². The molecule has 5 heteroatoms. The van der Waals surface area contributed by atoms with Gasteiger partial charge in [-0.25, -0.2) is 9.59 Å². The fourth-order valence-electron chi connectivity index (χ4n) is 0.752. The Balaban J connectivity index is 0.00000144. The zero-order chi connectivity index (χ0) is 8.81. The van der Waals surface area contributed by atoms with Gasteiger partial charge in [-0.1, -0.05) is 12.1 Å². The molecule has 0 saturated heterocycles. The molecule has 5 nitrogen and oxygen atoms in total. The number of hydrogen-bond acceptors (Lipinski definition) is 5. The summed E-state index contributed by atoms with van der Waals surface area (Å²) in [5.74, 6) is 0. The van der Waals surface area contributed by atoms with Gasteiger partial charge in [0.1, 0.15) is 11.4 Å². The highest BCUT2D eigenvalue weighted by atomic mass is 16.1. The molecule has 3 N–H and O–H groups in total. The van der Waals surface area contributed by atoms with Crippen LogP contribution in [0.3, 0.4) is 0 Å². The van der Waals surface area contributed by atoms with E-state index in [4.69, 9.17) is 0 Å². The predicted molar refractivity (Wildman–Crippen MR) is 47.0 cm³/mol. The molecular formula is C8H7N3O2. The summed E-state index contributed by atoms with van der Waals surface area (Å²) in [4.78, 5) is 26.5. The number of hydrogen-bond donors (Lipinski definition) is 1. The molecule has 0 spiro atoms. The average molecular weight is 177 g/mol. The van der Waals surface area contributed by atoms with Crippen LogP contribution in [0.4, 0.5) is 11.4 Å². The highest BCUT2D eigenvalue weighted by Crippen LogP contribution is 2.25. The Bertz CT molecular complexity index is 340. The monoisotopic (exact) mass is 177 g/mol. The van der Waals surface area contributed by atoms with Gasteiger partial charge in [0, 0.05) is 0 Å². The average Bonchev–Trinajstić information content (AvgIpc) is 2.09. The van der Waals surface area contributed by atoms with Crippen molar-refractivity contribution in [2.24, 2.45) is 9.98 Å². The first-order valence-corrected chi connectivity index (χ1v) is 3.13. The molecule has 66 valence electrons. The third-order valence-electron chi connectivity index (χ3n) is 1.21. The summed E-state index contributed by atoms with van der Waals surface area (Å²) in [7, 11) is 0. The lowest BCUT2D eigenvalue weighted by molar-refractivity contribution is 0.564. The lowest BCUT2D eigenvalue weighted by Gasteiger charge is -1.92. The van der Waals surface area contributed by atoms with Gasteiger partial charge in [-0.3, -0.25) is 0 Å². The largest absolute Gasteiger partial charge is 0.344 e. The third kappa shape index (κ3) is 2.81. The van der Waals surface area contributed by atoms with Gasteiger partial charge in [-0.15, -0.1) is 0 Å². The van der Waals surface area contributed by atoms with Crippen LogP contribution in [0.15, 0.2) is 34.3 Å². The number of carbonyl (C=O) groups excluding carboxylic acids is 2. The summed E-state index contributed by atoms with van der Waals surface area (Å²) in [5, 5.41) is 0. The van der Waals surface area contributed by atoms with Crippen molar-refractivity contribution in [3.05, 3.63) is 24.3 Å². The van der Waals surface area contributed by atoms with Crippen LogP contribution < -0.4 is 6.15 Å². The molecule has 0 aliphatic rings. The number of aliphatic imine (C=N–C) groups is 2. The lowest BCUT2D eigenvalue weighted by atomic mass is 10.3. The Labute approximate surface area is 74.4 Å². The molecule has 0 saturated carbocycles. The number of para-hydroxylation sites is 2. The highest BCUT2D eigenvalue weighted by Gasteiger charge is 1.96. The van der Waals surface area contributed by atoms with Crippen molar-refractivity contribution in [1.29, 1.82) is 0 Å². The van der Waals surface area contributed by atoms with E-state index in [0.717, 1.165) is 0 Å². The quantitative estimate of drug-likeness (QED) is 0.551. The first-order chi connectivity index (χ1) is 5.88. The molecule has 0 heterocycles. The van der Waals surface area contributed by atoms with Crippen molar-refractivity contribution in [2.75, 3.05) is 0 Å². The van der Waals surface area contributed by atoms with Gasteiger partial charge < -0.3 is 6.15 Å². The topological polar surface area (TPSA) is 93.9 Å². The van der Waals surface area contributed by atoms with Gasteiger partial charge in [-0.2, -0.15) is 9.98 Å². The predicted octanol–water partition coefficient (Wildman–Crippen LogP) is 1.78. The van der Waals surface area contributed by atoms with E-state index in [0.29, 0.717) is 11.4 Å². The molecule has 0 aromatic heterocycles. The number of nitrogens with zero attached hydrogens (tertiary/aromatic N) is 2. The van der Waals surface area contributed by atoms with Crippen molar-refractivity contribution in [2.45, 2.75) is 0 Å². The Morgan fingerprint density at radius 2 is 1.31 bits per heavy atom. The van der Waals surface area contributed by atoms with E-state index in [1.165, 1.54) is 12.2 Å². The second-order valence-corrected chi connectivity index (χ2v) is 1.89. The van der Waals surface area contributed by atoms with E-state index < -0.39 is 0 Å². The summed E-state index contributed by atoms with van der Waals surface area (Å²) < 4.78 is 0. The minimum absolute atomic E-state index is 0. The molecule has 1 rings (SSSR count). The molecule has 0 aliphatic heterocycles. The molecule has 0 radical (unpaired) electrons. The van der Waals surface area contributed by atoms with E-state index in [1.807, 2.05) is 0 Å². The van der Waals surface area contributed by atoms with E-state index in [-0.39, 0.29) is 6.15 Å². The fourth-order valence-corrected chi connectivity index (χ4v) is 0.752. The first kappa shape index (κ1) is 10.9. The maximum absolute atomic E-state index is 9.90. The summed E-state index contributed by atoms with van der Waals surface area (Å²) in [5.41, 5.74) is 0.631. The normalized spacial score (nSPS) is 7.38. The molecule has 0 amide bonds. The summed E-state index contributed by atoms with van der Waals surface area (Å²) in [6, 6.07) is 6.47. The molecule has 1 aromatic rings. The van der Waals surface area contributed by atoms with Crippen molar-refractivity contribution in [1.82, 2.24) is 6.15 Å². The van der Waals surface area contributed by atoms with Crippen molar-refractivity contribution in [3.8, 4) is 0 Å². The maximum Gasteiger partial charge on any atom is 0.240 e. The maximum atomic E-state index is 9.90. The smallest absolute Gasteiger partial charge is 0.240 e. The number of isocyanates is 2. The first-order valence-electron chi connectivity index (χ1n) is 3.13. The van der Waals surface area contributed by atoms with Crippen LogP contribution in [0.5, 0.6) is 0 Å². The second kappa shape index (κ2) is 5.57. The van der Waals surface area contributed by atoms with E-state index in [1.54, 1.807) is 24.3 Å². The molecule has 1 aromatic carbocycles. The molecule has 0 bridgehead atoms.